The molecular formula is C26H28BrNO3. The third-order valence-corrected chi connectivity index (χ3v) is 6.78. The van der Waals surface area contributed by atoms with Gasteiger partial charge in [-0.05, 0) is 48.6 Å². The Labute approximate surface area is 191 Å². The van der Waals surface area contributed by atoms with E-state index >= 15 is 0 Å². The van der Waals surface area contributed by atoms with Crippen molar-refractivity contribution in [3.63, 3.8) is 0 Å². The molecule has 2 aromatic carbocycles. The lowest BCUT2D eigenvalue weighted by molar-refractivity contribution is 0.0603. The first-order chi connectivity index (χ1) is 15.0. The normalized spacial score (nSPS) is 15.8. The van der Waals surface area contributed by atoms with Gasteiger partial charge in [-0.15, -0.1) is 0 Å². The molecule has 0 saturated carbocycles. The Morgan fingerprint density at radius 3 is 2.71 bits per heavy atom. The summed E-state index contributed by atoms with van der Waals surface area (Å²) >= 11 is 3.56. The van der Waals surface area contributed by atoms with Crippen LogP contribution in [-0.2, 0) is 17.7 Å². The van der Waals surface area contributed by atoms with E-state index in [2.05, 4.69) is 39.6 Å². The number of hydrogen-bond donors (Lipinski definition) is 0. The standard InChI is InChI=1S/C26H28BrNO3/c1-3-4-5-8-17-14-22-25(23(29)15-17)24-20(26(30)31-2)11-7-12-21(24)28(22)16-18-9-6-10-19(27)13-18/h6-7,9-13,17H,3-5,8,14-16H2,1-2H3. The van der Waals surface area contributed by atoms with Gasteiger partial charge < -0.3 is 9.30 Å². The molecule has 0 radical (unpaired) electrons. The molecule has 31 heavy (non-hydrogen) atoms. The van der Waals surface area contributed by atoms with Crippen LogP contribution in [-0.4, -0.2) is 23.4 Å². The molecule has 1 heterocycles. The van der Waals surface area contributed by atoms with Crippen molar-refractivity contribution in [2.75, 3.05) is 7.11 Å². The van der Waals surface area contributed by atoms with Crippen LogP contribution in [0.5, 0.6) is 0 Å². The number of fused-ring (bicyclic) bond motifs is 3. The van der Waals surface area contributed by atoms with Gasteiger partial charge in [-0.1, -0.05) is 60.3 Å². The SMILES string of the molecule is CCCCCC1CC(=O)c2c(n(Cc3cccc(Br)c3)c3cccc(C(=O)OC)c23)C1. The van der Waals surface area contributed by atoms with Crippen LogP contribution in [0.25, 0.3) is 10.9 Å². The highest BCUT2D eigenvalue weighted by atomic mass is 79.9. The van der Waals surface area contributed by atoms with Crippen molar-refractivity contribution in [2.24, 2.45) is 5.92 Å². The molecule has 0 spiro atoms. The fourth-order valence-corrected chi connectivity index (χ4v) is 5.29. The van der Waals surface area contributed by atoms with Gasteiger partial charge in [0.25, 0.3) is 0 Å². The third-order valence-electron chi connectivity index (χ3n) is 6.28. The zero-order valence-corrected chi connectivity index (χ0v) is 19.7. The lowest BCUT2D eigenvalue weighted by Gasteiger charge is -2.24. The first-order valence-electron chi connectivity index (χ1n) is 11.0. The minimum atomic E-state index is -0.397. The summed E-state index contributed by atoms with van der Waals surface area (Å²) in [6.45, 7) is 2.86. The number of hydrogen-bond acceptors (Lipinski definition) is 3. The quantitative estimate of drug-likeness (QED) is 0.283. The predicted molar refractivity (Wildman–Crippen MR) is 127 cm³/mol. The van der Waals surface area contributed by atoms with Crippen molar-refractivity contribution in [1.29, 1.82) is 0 Å². The van der Waals surface area contributed by atoms with Crippen LogP contribution >= 0.6 is 15.9 Å². The highest BCUT2D eigenvalue weighted by Gasteiger charge is 2.33. The number of nitrogens with zero attached hydrogens (tertiary/aromatic N) is 1. The molecule has 3 aromatic rings. The minimum absolute atomic E-state index is 0.150. The average Bonchev–Trinajstić information content (AvgIpc) is 3.07. The lowest BCUT2D eigenvalue weighted by atomic mass is 9.82. The number of rotatable bonds is 7. The van der Waals surface area contributed by atoms with E-state index in [1.165, 1.54) is 20.0 Å². The number of carbonyl (C=O) groups excluding carboxylic acids is 2. The van der Waals surface area contributed by atoms with Crippen molar-refractivity contribution in [1.82, 2.24) is 4.57 Å². The molecule has 0 saturated heterocycles. The summed E-state index contributed by atoms with van der Waals surface area (Å²) in [5.41, 5.74) is 4.33. The van der Waals surface area contributed by atoms with Gasteiger partial charge in [-0.3, -0.25) is 4.79 Å². The predicted octanol–water partition coefficient (Wildman–Crippen LogP) is 6.56. The van der Waals surface area contributed by atoms with Gasteiger partial charge >= 0.3 is 5.97 Å². The van der Waals surface area contributed by atoms with Crippen molar-refractivity contribution >= 4 is 38.6 Å². The number of methoxy groups -OCH3 is 1. The minimum Gasteiger partial charge on any atom is -0.465 e. The molecule has 1 atom stereocenters. The average molecular weight is 482 g/mol. The van der Waals surface area contributed by atoms with Gasteiger partial charge in [0, 0.05) is 34.1 Å². The number of unbranched alkanes of at least 4 members (excludes halogenated alkanes) is 2. The summed E-state index contributed by atoms with van der Waals surface area (Å²) in [4.78, 5) is 25.9. The fourth-order valence-electron chi connectivity index (χ4n) is 4.84. The second-order valence-corrected chi connectivity index (χ2v) is 9.34. The summed E-state index contributed by atoms with van der Waals surface area (Å²) < 4.78 is 8.30. The highest BCUT2D eigenvalue weighted by Crippen LogP contribution is 2.38. The number of carbonyl (C=O) groups is 2. The molecule has 0 aliphatic heterocycles. The molecule has 1 unspecified atom stereocenters. The van der Waals surface area contributed by atoms with Crippen LogP contribution in [0.3, 0.4) is 0 Å². The van der Waals surface area contributed by atoms with Crippen LogP contribution in [0, 0.1) is 5.92 Å². The largest absolute Gasteiger partial charge is 0.465 e. The van der Waals surface area contributed by atoms with Gasteiger partial charge in [0.1, 0.15) is 0 Å². The number of halogens is 1. The van der Waals surface area contributed by atoms with E-state index in [0.717, 1.165) is 51.5 Å². The molecule has 0 fully saturated rings. The van der Waals surface area contributed by atoms with E-state index < -0.39 is 5.97 Å². The third kappa shape index (κ3) is 4.33. The summed E-state index contributed by atoms with van der Waals surface area (Å²) in [5, 5.41) is 0.747. The van der Waals surface area contributed by atoms with E-state index in [9.17, 15) is 9.59 Å². The molecular weight excluding hydrogens is 454 g/mol. The molecule has 0 bridgehead atoms. The number of Topliss-reactive ketones (excluding diaryl/α,β-unsaturated/α-hetero) is 1. The van der Waals surface area contributed by atoms with Gasteiger partial charge in [0.2, 0.25) is 0 Å². The molecule has 0 amide bonds. The second kappa shape index (κ2) is 9.39. The van der Waals surface area contributed by atoms with E-state index in [4.69, 9.17) is 4.74 Å². The Morgan fingerprint density at radius 1 is 1.16 bits per heavy atom. The van der Waals surface area contributed by atoms with E-state index in [1.807, 2.05) is 24.3 Å². The van der Waals surface area contributed by atoms with Gasteiger partial charge in [0.15, 0.2) is 5.78 Å². The zero-order valence-electron chi connectivity index (χ0n) is 18.1. The zero-order chi connectivity index (χ0) is 22.0. The van der Waals surface area contributed by atoms with Gasteiger partial charge in [-0.2, -0.15) is 0 Å². The number of benzene rings is 2. The fraction of sp³-hybridized carbons (Fsp3) is 0.385. The van der Waals surface area contributed by atoms with Crippen LogP contribution in [0.15, 0.2) is 46.9 Å². The van der Waals surface area contributed by atoms with E-state index in [-0.39, 0.29) is 5.78 Å². The number of esters is 1. The van der Waals surface area contributed by atoms with Crippen molar-refractivity contribution in [3.8, 4) is 0 Å². The molecule has 0 N–H and O–H groups in total. The summed E-state index contributed by atoms with van der Waals surface area (Å²) in [7, 11) is 1.39. The second-order valence-electron chi connectivity index (χ2n) is 8.42. The molecule has 162 valence electrons. The Bertz CT molecular complexity index is 1130. The number of ether oxygens (including phenoxy) is 1. The van der Waals surface area contributed by atoms with Crippen LogP contribution in [0.1, 0.15) is 71.0 Å². The molecule has 1 aliphatic carbocycles. The van der Waals surface area contributed by atoms with Crippen LogP contribution in [0.2, 0.25) is 0 Å². The molecule has 4 nitrogen and oxygen atoms in total. The highest BCUT2D eigenvalue weighted by molar-refractivity contribution is 9.10. The van der Waals surface area contributed by atoms with Gasteiger partial charge in [-0.25, -0.2) is 4.79 Å². The van der Waals surface area contributed by atoms with Crippen LogP contribution < -0.4 is 0 Å². The van der Waals surface area contributed by atoms with E-state index in [0.29, 0.717) is 24.4 Å². The van der Waals surface area contributed by atoms with E-state index in [1.54, 1.807) is 6.07 Å². The number of ketones is 1. The summed E-state index contributed by atoms with van der Waals surface area (Å²) in [6, 6.07) is 13.9. The van der Waals surface area contributed by atoms with Gasteiger partial charge in [0.05, 0.1) is 18.2 Å². The molecule has 1 aromatic heterocycles. The number of aromatic nitrogens is 1. The Hall–Kier alpha value is -2.40. The Morgan fingerprint density at radius 2 is 1.97 bits per heavy atom. The summed E-state index contributed by atoms with van der Waals surface area (Å²) in [5.74, 6) is 0.113. The molecule has 1 aliphatic rings. The Kier molecular flexibility index (Phi) is 6.61. The monoisotopic (exact) mass is 481 g/mol. The van der Waals surface area contributed by atoms with Crippen LogP contribution in [0.4, 0.5) is 0 Å². The molecule has 4 rings (SSSR count). The Balaban J connectivity index is 1.86. The lowest BCUT2D eigenvalue weighted by Crippen LogP contribution is -2.22. The maximum Gasteiger partial charge on any atom is 0.338 e. The summed E-state index contributed by atoms with van der Waals surface area (Å²) in [6.07, 6.45) is 6.03. The first kappa shape index (κ1) is 21.8. The van der Waals surface area contributed by atoms with Crippen molar-refractivity contribution in [3.05, 3.63) is 69.3 Å². The first-order valence-corrected chi connectivity index (χ1v) is 11.8. The smallest absolute Gasteiger partial charge is 0.338 e. The van der Waals surface area contributed by atoms with Crippen molar-refractivity contribution in [2.45, 2.75) is 52.0 Å². The topological polar surface area (TPSA) is 48.3 Å². The van der Waals surface area contributed by atoms with Crippen molar-refractivity contribution < 1.29 is 14.3 Å². The molecule has 5 heteroatoms. The maximum atomic E-state index is 13.4. The maximum absolute atomic E-state index is 13.4.